The number of nitro benzene ring substituents is 1. The van der Waals surface area contributed by atoms with Crippen LogP contribution in [0.5, 0.6) is 0 Å². The molecule has 0 radical (unpaired) electrons. The predicted molar refractivity (Wildman–Crippen MR) is 90.9 cm³/mol. The van der Waals surface area contributed by atoms with Crippen molar-refractivity contribution in [2.24, 2.45) is 0 Å². The number of aliphatic hydroxyl groups is 1. The Balaban J connectivity index is 2.43. The van der Waals surface area contributed by atoms with Gasteiger partial charge in [-0.3, -0.25) is 10.1 Å². The zero-order chi connectivity index (χ0) is 16.4. The van der Waals surface area contributed by atoms with Gasteiger partial charge in [0.15, 0.2) is 0 Å². The lowest BCUT2D eigenvalue weighted by Gasteiger charge is -2.13. The summed E-state index contributed by atoms with van der Waals surface area (Å²) in [6.07, 6.45) is 2.47. The number of nitrogens with zero attached hydrogens (tertiary/aromatic N) is 2. The maximum atomic E-state index is 11.4. The topological polar surface area (TPSA) is 88.3 Å². The molecular formula is C17H15N3O3. The molecular weight excluding hydrogens is 294 g/mol. The Hall–Kier alpha value is -3.15. The molecule has 0 spiro atoms. The Morgan fingerprint density at radius 2 is 2.09 bits per heavy atom. The number of fused-ring (bicyclic) bond motifs is 2. The number of hydrogen-bond donors (Lipinski definition) is 2. The third-order valence-electron chi connectivity index (χ3n) is 3.71. The summed E-state index contributed by atoms with van der Waals surface area (Å²) in [5.41, 5.74) is 2.91. The van der Waals surface area contributed by atoms with Gasteiger partial charge < -0.3 is 10.4 Å². The molecule has 1 heterocycles. The Labute approximate surface area is 132 Å². The molecule has 3 rings (SSSR count). The molecule has 116 valence electrons. The Morgan fingerprint density at radius 1 is 1.30 bits per heavy atom. The van der Waals surface area contributed by atoms with Gasteiger partial charge in [0.05, 0.1) is 27.9 Å². The molecule has 0 unspecified atom stereocenters. The van der Waals surface area contributed by atoms with E-state index in [-0.39, 0.29) is 5.69 Å². The van der Waals surface area contributed by atoms with Gasteiger partial charge in [-0.15, -0.1) is 0 Å². The summed E-state index contributed by atoms with van der Waals surface area (Å²) in [6.45, 7) is 2.23. The van der Waals surface area contributed by atoms with Crippen LogP contribution in [0.4, 0.5) is 11.4 Å². The molecule has 1 aromatic heterocycles. The summed E-state index contributed by atoms with van der Waals surface area (Å²) in [4.78, 5) is 15.6. The molecule has 0 aliphatic rings. The summed E-state index contributed by atoms with van der Waals surface area (Å²) in [5, 5.41) is 24.7. The first-order valence-corrected chi connectivity index (χ1v) is 7.13. The maximum Gasteiger partial charge on any atom is 0.280 e. The molecule has 0 amide bonds. The van der Waals surface area contributed by atoms with Crippen molar-refractivity contribution in [2.75, 3.05) is 11.9 Å². The minimum atomic E-state index is -0.398. The highest BCUT2D eigenvalue weighted by Gasteiger charge is 2.20. The van der Waals surface area contributed by atoms with Crippen molar-refractivity contribution in [3.8, 4) is 0 Å². The molecule has 0 saturated heterocycles. The number of aromatic nitrogens is 1. The first-order valence-electron chi connectivity index (χ1n) is 7.13. The second-order valence-electron chi connectivity index (χ2n) is 5.15. The van der Waals surface area contributed by atoms with Gasteiger partial charge in [0.2, 0.25) is 0 Å². The number of hydrogen-bond acceptors (Lipinski definition) is 5. The zero-order valence-corrected chi connectivity index (χ0v) is 12.5. The van der Waals surface area contributed by atoms with E-state index in [0.717, 1.165) is 22.7 Å². The highest BCUT2D eigenvalue weighted by Crippen LogP contribution is 2.37. The van der Waals surface area contributed by atoms with Crippen molar-refractivity contribution in [3.05, 3.63) is 64.4 Å². The lowest BCUT2D eigenvalue weighted by molar-refractivity contribution is -0.383. The molecule has 0 saturated carbocycles. The molecule has 6 heteroatoms. The zero-order valence-electron chi connectivity index (χ0n) is 12.5. The molecule has 0 aliphatic carbocycles. The van der Waals surface area contributed by atoms with E-state index in [0.29, 0.717) is 23.1 Å². The van der Waals surface area contributed by atoms with Crippen LogP contribution in [0.3, 0.4) is 0 Å². The van der Waals surface area contributed by atoms with E-state index < -0.39 is 4.92 Å². The van der Waals surface area contributed by atoms with E-state index in [1.54, 1.807) is 6.07 Å². The summed E-state index contributed by atoms with van der Waals surface area (Å²) in [5.74, 6) is 0. The normalized spacial score (nSPS) is 11.3. The fraction of sp³-hybridized carbons (Fsp3) is 0.118. The van der Waals surface area contributed by atoms with Gasteiger partial charge in [0.25, 0.3) is 5.69 Å². The molecule has 2 aromatic carbocycles. The summed E-state index contributed by atoms with van der Waals surface area (Å²) < 4.78 is 0. The summed E-state index contributed by atoms with van der Waals surface area (Å²) in [7, 11) is 0. The molecule has 23 heavy (non-hydrogen) atoms. The fourth-order valence-corrected chi connectivity index (χ4v) is 2.66. The highest BCUT2D eigenvalue weighted by atomic mass is 16.6. The number of nitrogens with one attached hydrogen (secondary N) is 1. The summed E-state index contributed by atoms with van der Waals surface area (Å²) >= 11 is 0. The SMILES string of the molecule is Cc1ccc([N+](=O)[O-])c2c(NCC=CO)c3ccccc3nc12. The van der Waals surface area contributed by atoms with Crippen LogP contribution in [-0.4, -0.2) is 21.6 Å². The van der Waals surface area contributed by atoms with Crippen LogP contribution in [0.2, 0.25) is 0 Å². The number of anilines is 1. The monoisotopic (exact) mass is 309 g/mol. The Morgan fingerprint density at radius 3 is 2.83 bits per heavy atom. The Bertz CT molecular complexity index is 935. The lowest BCUT2D eigenvalue weighted by atomic mass is 10.0. The van der Waals surface area contributed by atoms with Crippen LogP contribution in [-0.2, 0) is 0 Å². The number of aliphatic hydroxyl groups excluding tert-OH is 1. The van der Waals surface area contributed by atoms with Crippen LogP contribution < -0.4 is 5.32 Å². The van der Waals surface area contributed by atoms with Gasteiger partial charge in [-0.25, -0.2) is 4.98 Å². The van der Waals surface area contributed by atoms with Gasteiger partial charge in [-0.2, -0.15) is 0 Å². The third-order valence-corrected chi connectivity index (χ3v) is 3.71. The van der Waals surface area contributed by atoms with Gasteiger partial charge in [0, 0.05) is 18.0 Å². The van der Waals surface area contributed by atoms with Crippen molar-refractivity contribution >= 4 is 33.2 Å². The summed E-state index contributed by atoms with van der Waals surface area (Å²) in [6, 6.07) is 10.7. The van der Waals surface area contributed by atoms with Crippen molar-refractivity contribution in [3.63, 3.8) is 0 Å². The minimum Gasteiger partial charge on any atom is -0.516 e. The van der Waals surface area contributed by atoms with Crippen LogP contribution in [0.25, 0.3) is 21.8 Å². The molecule has 0 atom stereocenters. The first kappa shape index (κ1) is 14.8. The van der Waals surface area contributed by atoms with Gasteiger partial charge >= 0.3 is 0 Å². The molecule has 0 fully saturated rings. The number of non-ortho nitro benzene ring substituents is 1. The highest BCUT2D eigenvalue weighted by molar-refractivity contribution is 6.11. The van der Waals surface area contributed by atoms with Crippen molar-refractivity contribution in [1.29, 1.82) is 0 Å². The van der Waals surface area contributed by atoms with Crippen LogP contribution >= 0.6 is 0 Å². The van der Waals surface area contributed by atoms with Crippen molar-refractivity contribution in [1.82, 2.24) is 4.98 Å². The first-order chi connectivity index (χ1) is 11.1. The molecule has 2 N–H and O–H groups in total. The van der Waals surface area contributed by atoms with Gasteiger partial charge in [-0.05, 0) is 24.6 Å². The van der Waals surface area contributed by atoms with E-state index in [2.05, 4.69) is 10.3 Å². The molecule has 3 aromatic rings. The second-order valence-corrected chi connectivity index (χ2v) is 5.15. The van der Waals surface area contributed by atoms with Gasteiger partial charge in [-0.1, -0.05) is 24.3 Å². The van der Waals surface area contributed by atoms with Crippen molar-refractivity contribution < 1.29 is 10.0 Å². The van der Waals surface area contributed by atoms with E-state index in [1.165, 1.54) is 12.1 Å². The van der Waals surface area contributed by atoms with Crippen LogP contribution in [0.1, 0.15) is 5.56 Å². The number of benzene rings is 2. The Kier molecular flexibility index (Phi) is 3.80. The van der Waals surface area contributed by atoms with Crippen LogP contribution in [0.15, 0.2) is 48.7 Å². The number of aryl methyl sites for hydroxylation is 1. The second kappa shape index (κ2) is 5.92. The number of para-hydroxylation sites is 1. The van der Waals surface area contributed by atoms with E-state index in [4.69, 9.17) is 5.11 Å². The fourth-order valence-electron chi connectivity index (χ4n) is 2.66. The lowest BCUT2D eigenvalue weighted by Crippen LogP contribution is -2.03. The van der Waals surface area contributed by atoms with Crippen molar-refractivity contribution in [2.45, 2.75) is 6.92 Å². The third kappa shape index (κ3) is 2.55. The standard InChI is InChI=1S/C17H15N3O3/c1-11-7-8-14(20(22)23)15-16(11)19-13-6-3-2-5-12(13)17(15)18-9-4-10-21/h2-8,10,21H,9H2,1H3,(H,18,19). The number of rotatable bonds is 4. The predicted octanol–water partition coefficient (Wildman–Crippen LogP) is 4.09. The smallest absolute Gasteiger partial charge is 0.280 e. The van der Waals surface area contributed by atoms with E-state index >= 15 is 0 Å². The van der Waals surface area contributed by atoms with Gasteiger partial charge in [0.1, 0.15) is 5.39 Å². The largest absolute Gasteiger partial charge is 0.516 e. The number of pyridine rings is 1. The van der Waals surface area contributed by atoms with Crippen LogP contribution in [0, 0.1) is 17.0 Å². The average molecular weight is 309 g/mol. The van der Waals surface area contributed by atoms with E-state index in [1.807, 2.05) is 31.2 Å². The molecule has 0 bridgehead atoms. The molecule has 6 nitrogen and oxygen atoms in total. The minimum absolute atomic E-state index is 0.0133. The maximum absolute atomic E-state index is 11.4. The molecule has 0 aliphatic heterocycles. The van der Waals surface area contributed by atoms with E-state index in [9.17, 15) is 10.1 Å². The number of nitro groups is 1. The average Bonchev–Trinajstić information content (AvgIpc) is 2.55. The quantitative estimate of drug-likeness (QED) is 0.328.